The maximum absolute atomic E-state index is 12.0. The fourth-order valence-electron chi connectivity index (χ4n) is 3.11. The molecule has 0 saturated heterocycles. The smallest absolute Gasteiger partial charge is 0.308 e. The lowest BCUT2D eigenvalue weighted by atomic mass is 10.00. The van der Waals surface area contributed by atoms with Crippen LogP contribution in [0.15, 0.2) is 0 Å². The highest BCUT2D eigenvalue weighted by molar-refractivity contribution is 6.17. The molecular formula is C26H51ClO8. The molecule has 0 aliphatic carbocycles. The molecule has 35 heavy (non-hydrogen) atoms. The van der Waals surface area contributed by atoms with Crippen LogP contribution in [0.3, 0.4) is 0 Å². The first-order chi connectivity index (χ1) is 17.3. The average molecular weight is 527 g/mol. The van der Waals surface area contributed by atoms with E-state index in [-0.39, 0.29) is 11.9 Å². The van der Waals surface area contributed by atoms with E-state index in [9.17, 15) is 4.79 Å². The van der Waals surface area contributed by atoms with E-state index in [0.717, 1.165) is 51.0 Å². The molecule has 0 rings (SSSR count). The van der Waals surface area contributed by atoms with Gasteiger partial charge in [0.1, 0.15) is 6.61 Å². The van der Waals surface area contributed by atoms with Gasteiger partial charge in [-0.1, -0.05) is 39.5 Å². The Morgan fingerprint density at radius 1 is 0.571 bits per heavy atom. The SMILES string of the molecule is CCCCC(CC)C(=O)OCCOCCOCCOCCOCCOCCOCCCCCCCl. The second kappa shape index (κ2) is 29.7. The highest BCUT2D eigenvalue weighted by Gasteiger charge is 2.16. The number of unbranched alkanes of at least 4 members (excludes halogenated alkanes) is 4. The number of carbonyl (C=O) groups is 1. The van der Waals surface area contributed by atoms with Crippen molar-refractivity contribution in [3.8, 4) is 0 Å². The average Bonchev–Trinajstić information content (AvgIpc) is 2.87. The Morgan fingerprint density at radius 2 is 1.00 bits per heavy atom. The zero-order valence-electron chi connectivity index (χ0n) is 22.3. The van der Waals surface area contributed by atoms with Crippen LogP contribution < -0.4 is 0 Å². The minimum Gasteiger partial charge on any atom is -0.463 e. The molecule has 0 spiro atoms. The van der Waals surface area contributed by atoms with Crippen molar-refractivity contribution in [3.63, 3.8) is 0 Å². The molecule has 0 bridgehead atoms. The number of rotatable bonds is 29. The Balaban J connectivity index is 3.18. The van der Waals surface area contributed by atoms with E-state index in [1.807, 2.05) is 6.92 Å². The number of ether oxygens (including phenoxy) is 7. The zero-order valence-corrected chi connectivity index (χ0v) is 23.0. The van der Waals surface area contributed by atoms with Crippen LogP contribution >= 0.6 is 11.6 Å². The highest BCUT2D eigenvalue weighted by Crippen LogP contribution is 2.14. The van der Waals surface area contributed by atoms with E-state index in [0.29, 0.717) is 79.3 Å². The summed E-state index contributed by atoms with van der Waals surface area (Å²) in [5.41, 5.74) is 0. The van der Waals surface area contributed by atoms with Crippen molar-refractivity contribution in [2.45, 2.75) is 65.2 Å². The predicted molar refractivity (Wildman–Crippen MR) is 138 cm³/mol. The van der Waals surface area contributed by atoms with Crippen LogP contribution in [0.4, 0.5) is 0 Å². The second-order valence-electron chi connectivity index (χ2n) is 8.19. The zero-order chi connectivity index (χ0) is 25.7. The van der Waals surface area contributed by atoms with Crippen molar-refractivity contribution in [2.24, 2.45) is 5.92 Å². The summed E-state index contributed by atoms with van der Waals surface area (Å²) < 4.78 is 38.1. The van der Waals surface area contributed by atoms with Gasteiger partial charge in [0, 0.05) is 12.5 Å². The van der Waals surface area contributed by atoms with Crippen molar-refractivity contribution in [1.29, 1.82) is 0 Å². The quantitative estimate of drug-likeness (QED) is 0.0791. The Morgan fingerprint density at radius 3 is 1.43 bits per heavy atom. The molecule has 0 aromatic rings. The number of halogens is 1. The normalized spacial score (nSPS) is 12.2. The fraction of sp³-hybridized carbons (Fsp3) is 0.962. The summed E-state index contributed by atoms with van der Waals surface area (Å²) in [5, 5.41) is 0. The van der Waals surface area contributed by atoms with Gasteiger partial charge >= 0.3 is 5.97 Å². The standard InChI is InChI=1S/C26H51ClO8/c1-3-5-10-25(4-2)26(28)35-24-23-34-22-21-33-20-19-32-18-17-31-16-15-30-14-13-29-12-9-7-6-8-11-27/h25H,3-24H2,1-2H3. The molecule has 0 amide bonds. The molecule has 0 saturated carbocycles. The van der Waals surface area contributed by atoms with Gasteiger partial charge in [0.25, 0.3) is 0 Å². The molecule has 0 heterocycles. The Labute approximate surface area is 218 Å². The molecule has 8 nitrogen and oxygen atoms in total. The van der Waals surface area contributed by atoms with E-state index >= 15 is 0 Å². The third-order valence-electron chi connectivity index (χ3n) is 5.24. The van der Waals surface area contributed by atoms with Gasteiger partial charge in [0.15, 0.2) is 0 Å². The molecule has 0 N–H and O–H groups in total. The van der Waals surface area contributed by atoms with Crippen molar-refractivity contribution < 1.29 is 38.0 Å². The van der Waals surface area contributed by atoms with Crippen molar-refractivity contribution in [3.05, 3.63) is 0 Å². The first kappa shape index (κ1) is 34.5. The number of carbonyl (C=O) groups excluding carboxylic acids is 1. The number of esters is 1. The number of hydrogen-bond donors (Lipinski definition) is 0. The first-order valence-corrected chi connectivity index (χ1v) is 14.0. The predicted octanol–water partition coefficient (Wildman–Crippen LogP) is 4.64. The Bertz CT molecular complexity index is 428. The van der Waals surface area contributed by atoms with Gasteiger partial charge in [-0.15, -0.1) is 11.6 Å². The lowest BCUT2D eigenvalue weighted by Gasteiger charge is -2.13. The molecule has 1 atom stereocenters. The van der Waals surface area contributed by atoms with E-state index in [1.54, 1.807) is 0 Å². The van der Waals surface area contributed by atoms with Crippen molar-refractivity contribution in [2.75, 3.05) is 91.8 Å². The largest absolute Gasteiger partial charge is 0.463 e. The molecular weight excluding hydrogens is 476 g/mol. The van der Waals surface area contributed by atoms with Crippen LogP contribution in [0.2, 0.25) is 0 Å². The summed E-state index contributed by atoms with van der Waals surface area (Å²) in [6.45, 7) is 10.9. The van der Waals surface area contributed by atoms with E-state index in [1.165, 1.54) is 12.8 Å². The summed E-state index contributed by atoms with van der Waals surface area (Å²) in [4.78, 5) is 12.0. The van der Waals surface area contributed by atoms with Crippen molar-refractivity contribution in [1.82, 2.24) is 0 Å². The molecule has 0 aliphatic rings. The van der Waals surface area contributed by atoms with E-state index in [4.69, 9.17) is 44.8 Å². The third-order valence-corrected chi connectivity index (χ3v) is 5.50. The molecule has 0 fully saturated rings. The maximum atomic E-state index is 12.0. The van der Waals surface area contributed by atoms with E-state index in [2.05, 4.69) is 6.92 Å². The van der Waals surface area contributed by atoms with Gasteiger partial charge in [-0.05, 0) is 25.7 Å². The molecule has 0 radical (unpaired) electrons. The fourth-order valence-corrected chi connectivity index (χ4v) is 3.30. The lowest BCUT2D eigenvalue weighted by molar-refractivity contribution is -0.150. The topological polar surface area (TPSA) is 81.7 Å². The molecule has 9 heteroatoms. The molecule has 0 aliphatic heterocycles. The molecule has 0 aromatic heterocycles. The first-order valence-electron chi connectivity index (χ1n) is 13.4. The third kappa shape index (κ3) is 26.4. The van der Waals surface area contributed by atoms with Crippen LogP contribution in [0.5, 0.6) is 0 Å². The maximum Gasteiger partial charge on any atom is 0.308 e. The van der Waals surface area contributed by atoms with Gasteiger partial charge < -0.3 is 33.2 Å². The van der Waals surface area contributed by atoms with Crippen LogP contribution in [-0.4, -0.2) is 97.7 Å². The van der Waals surface area contributed by atoms with E-state index < -0.39 is 0 Å². The summed E-state index contributed by atoms with van der Waals surface area (Å²) in [6.07, 6.45) is 8.37. The summed E-state index contributed by atoms with van der Waals surface area (Å²) in [7, 11) is 0. The number of hydrogen-bond acceptors (Lipinski definition) is 8. The lowest BCUT2D eigenvalue weighted by Crippen LogP contribution is -2.20. The van der Waals surface area contributed by atoms with Crippen LogP contribution in [-0.2, 0) is 38.0 Å². The summed E-state index contributed by atoms with van der Waals surface area (Å²) >= 11 is 5.64. The molecule has 1 unspecified atom stereocenters. The molecule has 0 aromatic carbocycles. The van der Waals surface area contributed by atoms with Gasteiger partial charge in [-0.3, -0.25) is 4.79 Å². The minimum atomic E-state index is -0.111. The Hall–Kier alpha value is -0.480. The van der Waals surface area contributed by atoms with Crippen molar-refractivity contribution >= 4 is 17.6 Å². The second-order valence-corrected chi connectivity index (χ2v) is 8.57. The van der Waals surface area contributed by atoms with Crippen LogP contribution in [0, 0.1) is 5.92 Å². The van der Waals surface area contributed by atoms with Gasteiger partial charge in [0.2, 0.25) is 0 Å². The minimum absolute atomic E-state index is 0.00810. The monoisotopic (exact) mass is 526 g/mol. The van der Waals surface area contributed by atoms with Crippen LogP contribution in [0.25, 0.3) is 0 Å². The van der Waals surface area contributed by atoms with Gasteiger partial charge in [-0.25, -0.2) is 0 Å². The highest BCUT2D eigenvalue weighted by atomic mass is 35.5. The molecule has 210 valence electrons. The van der Waals surface area contributed by atoms with Crippen LogP contribution in [0.1, 0.15) is 65.2 Å². The van der Waals surface area contributed by atoms with Gasteiger partial charge in [0.05, 0.1) is 78.6 Å². The summed E-state index contributed by atoms with van der Waals surface area (Å²) in [5.74, 6) is 0.642. The number of alkyl halides is 1. The van der Waals surface area contributed by atoms with Gasteiger partial charge in [-0.2, -0.15) is 0 Å². The summed E-state index contributed by atoms with van der Waals surface area (Å²) in [6, 6.07) is 0. The Kier molecular flexibility index (Phi) is 29.3.